The molecule has 1 spiro atoms. The van der Waals surface area contributed by atoms with Crippen LogP contribution in [0.15, 0.2) is 144 Å². The Kier molecular flexibility index (Phi) is 5.59. The summed E-state index contributed by atoms with van der Waals surface area (Å²) in [5.41, 5.74) is 14.0. The molecule has 5 aliphatic rings. The van der Waals surface area contributed by atoms with E-state index in [4.69, 9.17) is 4.42 Å². The van der Waals surface area contributed by atoms with E-state index in [0.717, 1.165) is 57.0 Å². The smallest absolute Gasteiger partial charge is 0.137 e. The Labute approximate surface area is 281 Å². The fourth-order valence-corrected chi connectivity index (χ4v) is 11.1. The van der Waals surface area contributed by atoms with Crippen molar-refractivity contribution in [1.82, 2.24) is 0 Å². The van der Waals surface area contributed by atoms with Gasteiger partial charge in [0.2, 0.25) is 0 Å². The lowest BCUT2D eigenvalue weighted by Crippen LogP contribution is -2.55. The first-order valence-corrected chi connectivity index (χ1v) is 17.9. The SMILES string of the molecule is c1ccc(-c2cccc(N(c3ccc4c(c3)C3(c5ccccc5-4)C4CC5CC(C4)CC3C5)c3cccc4oc5ccccc5c34)c2)cc1. The van der Waals surface area contributed by atoms with E-state index >= 15 is 0 Å². The second kappa shape index (κ2) is 9.97. The van der Waals surface area contributed by atoms with Gasteiger partial charge in [-0.05, 0) is 132 Å². The summed E-state index contributed by atoms with van der Waals surface area (Å²) >= 11 is 0. The van der Waals surface area contributed by atoms with Gasteiger partial charge in [0.05, 0.1) is 11.1 Å². The van der Waals surface area contributed by atoms with Crippen molar-refractivity contribution in [2.45, 2.75) is 37.5 Å². The predicted octanol–water partition coefficient (Wildman–Crippen LogP) is 12.4. The average Bonchev–Trinajstić information content (AvgIpc) is 3.65. The van der Waals surface area contributed by atoms with Crippen molar-refractivity contribution in [3.05, 3.63) is 151 Å². The van der Waals surface area contributed by atoms with E-state index in [2.05, 4.69) is 144 Å². The van der Waals surface area contributed by atoms with Crippen molar-refractivity contribution >= 4 is 39.0 Å². The van der Waals surface area contributed by atoms with Crippen LogP contribution in [0.2, 0.25) is 0 Å². The molecular formula is C46H37NO. The number of furan rings is 1. The van der Waals surface area contributed by atoms with Gasteiger partial charge in [0.25, 0.3) is 0 Å². The molecule has 4 bridgehead atoms. The van der Waals surface area contributed by atoms with Crippen LogP contribution in [0.25, 0.3) is 44.2 Å². The summed E-state index contributed by atoms with van der Waals surface area (Å²) in [7, 11) is 0. The van der Waals surface area contributed by atoms with E-state index in [9.17, 15) is 0 Å². The highest BCUT2D eigenvalue weighted by Crippen LogP contribution is 2.69. The first-order chi connectivity index (χ1) is 23.8. The third-order valence-electron chi connectivity index (χ3n) is 12.6. The fourth-order valence-electron chi connectivity index (χ4n) is 11.1. The molecule has 4 saturated carbocycles. The Morgan fingerprint density at radius 3 is 2.02 bits per heavy atom. The number of para-hydroxylation sites is 1. The zero-order valence-corrected chi connectivity index (χ0v) is 27.0. The van der Waals surface area contributed by atoms with Crippen molar-refractivity contribution in [3.63, 3.8) is 0 Å². The summed E-state index contributed by atoms with van der Waals surface area (Å²) < 4.78 is 6.45. The van der Waals surface area contributed by atoms with Crippen molar-refractivity contribution in [2.75, 3.05) is 4.90 Å². The van der Waals surface area contributed by atoms with Gasteiger partial charge >= 0.3 is 0 Å². The summed E-state index contributed by atoms with van der Waals surface area (Å²) in [6.45, 7) is 0. The van der Waals surface area contributed by atoms with Crippen LogP contribution in [-0.4, -0.2) is 0 Å². The van der Waals surface area contributed by atoms with Gasteiger partial charge in [0, 0.05) is 22.2 Å². The average molecular weight is 620 g/mol. The number of benzene rings is 6. The van der Waals surface area contributed by atoms with Crippen molar-refractivity contribution < 1.29 is 4.42 Å². The number of rotatable bonds is 4. The molecule has 0 radical (unpaired) electrons. The molecule has 0 unspecified atom stereocenters. The highest BCUT2D eigenvalue weighted by molar-refractivity contribution is 6.13. The van der Waals surface area contributed by atoms with Gasteiger partial charge in [-0.2, -0.15) is 0 Å². The largest absolute Gasteiger partial charge is 0.456 e. The molecule has 0 amide bonds. The first kappa shape index (κ1) is 26.9. The Hall–Kier alpha value is -5.08. The van der Waals surface area contributed by atoms with Crippen molar-refractivity contribution in [1.29, 1.82) is 0 Å². The van der Waals surface area contributed by atoms with Gasteiger partial charge in [0.15, 0.2) is 0 Å². The molecule has 2 nitrogen and oxygen atoms in total. The highest BCUT2D eigenvalue weighted by Gasteiger charge is 2.61. The molecule has 0 aliphatic heterocycles. The quantitative estimate of drug-likeness (QED) is 0.195. The minimum absolute atomic E-state index is 0.112. The lowest BCUT2D eigenvalue weighted by molar-refractivity contribution is -0.0399. The van der Waals surface area contributed by atoms with Crippen molar-refractivity contribution in [3.8, 4) is 22.3 Å². The highest BCUT2D eigenvalue weighted by atomic mass is 16.3. The Morgan fingerprint density at radius 1 is 0.500 bits per heavy atom. The normalized spacial score (nSPS) is 24.8. The van der Waals surface area contributed by atoms with Gasteiger partial charge in [-0.25, -0.2) is 0 Å². The molecule has 5 aliphatic carbocycles. The lowest BCUT2D eigenvalue weighted by atomic mass is 9.43. The van der Waals surface area contributed by atoms with E-state index in [-0.39, 0.29) is 5.41 Å². The molecule has 48 heavy (non-hydrogen) atoms. The minimum atomic E-state index is 0.112. The molecule has 12 rings (SSSR count). The molecule has 2 heteroatoms. The maximum atomic E-state index is 6.45. The van der Waals surface area contributed by atoms with Crippen LogP contribution in [0.1, 0.15) is 43.2 Å². The van der Waals surface area contributed by atoms with Crippen LogP contribution in [0.5, 0.6) is 0 Å². The van der Waals surface area contributed by atoms with Crippen molar-refractivity contribution in [2.24, 2.45) is 23.7 Å². The standard InChI is InChI=1S/C46H37NO/c1-2-10-31(11-3-1)32-12-8-13-35(27-32)47(42-17-9-19-44-45(42)39-15-5-7-18-43(39)48-44)36-20-21-38-37-14-4-6-16-40(37)46(41(38)28-36)33-23-29-22-30(25-33)26-34(46)24-29/h1-21,27-30,33-34H,22-26H2. The summed E-state index contributed by atoms with van der Waals surface area (Å²) in [5, 5.41) is 2.31. The number of hydrogen-bond donors (Lipinski definition) is 0. The number of nitrogens with zero attached hydrogens (tertiary/aromatic N) is 1. The van der Waals surface area contributed by atoms with Crippen LogP contribution in [0.4, 0.5) is 17.1 Å². The van der Waals surface area contributed by atoms with Gasteiger partial charge in [-0.1, -0.05) is 97.1 Å². The summed E-state index contributed by atoms with van der Waals surface area (Å²) in [5.74, 6) is 3.29. The summed E-state index contributed by atoms with van der Waals surface area (Å²) in [6.07, 6.45) is 7.00. The Bertz CT molecular complexity index is 2350. The maximum Gasteiger partial charge on any atom is 0.137 e. The third kappa shape index (κ3) is 3.64. The van der Waals surface area contributed by atoms with E-state index in [1.807, 2.05) is 0 Å². The van der Waals surface area contributed by atoms with E-state index < -0.39 is 0 Å². The molecule has 6 aromatic carbocycles. The van der Waals surface area contributed by atoms with Crippen LogP contribution < -0.4 is 4.90 Å². The Morgan fingerprint density at radius 2 is 1.17 bits per heavy atom. The van der Waals surface area contributed by atoms with Crippen LogP contribution in [-0.2, 0) is 5.41 Å². The zero-order valence-electron chi connectivity index (χ0n) is 27.0. The zero-order chi connectivity index (χ0) is 31.4. The van der Waals surface area contributed by atoms with E-state index in [0.29, 0.717) is 0 Å². The second-order valence-corrected chi connectivity index (χ2v) is 14.9. The second-order valence-electron chi connectivity index (χ2n) is 14.9. The topological polar surface area (TPSA) is 16.4 Å². The molecule has 0 atom stereocenters. The monoisotopic (exact) mass is 619 g/mol. The van der Waals surface area contributed by atoms with Gasteiger partial charge < -0.3 is 9.32 Å². The van der Waals surface area contributed by atoms with Crippen LogP contribution in [0, 0.1) is 23.7 Å². The molecule has 232 valence electrons. The lowest BCUT2D eigenvalue weighted by Gasteiger charge is -2.61. The summed E-state index contributed by atoms with van der Waals surface area (Å²) in [4.78, 5) is 2.50. The van der Waals surface area contributed by atoms with Crippen LogP contribution in [0.3, 0.4) is 0 Å². The molecule has 0 N–H and O–H groups in total. The minimum Gasteiger partial charge on any atom is -0.456 e. The number of anilines is 3. The van der Waals surface area contributed by atoms with Crippen LogP contribution >= 0.6 is 0 Å². The van der Waals surface area contributed by atoms with Gasteiger partial charge in [-0.15, -0.1) is 0 Å². The fraction of sp³-hybridized carbons (Fsp3) is 0.217. The van der Waals surface area contributed by atoms with E-state index in [1.54, 1.807) is 11.1 Å². The molecule has 4 fully saturated rings. The first-order valence-electron chi connectivity index (χ1n) is 17.9. The molecule has 7 aromatic rings. The predicted molar refractivity (Wildman–Crippen MR) is 197 cm³/mol. The maximum absolute atomic E-state index is 6.45. The molecule has 1 aromatic heterocycles. The van der Waals surface area contributed by atoms with E-state index in [1.165, 1.54) is 60.0 Å². The van der Waals surface area contributed by atoms with Gasteiger partial charge in [-0.3, -0.25) is 0 Å². The summed E-state index contributed by atoms with van der Waals surface area (Å²) in [6, 6.07) is 51.7. The van der Waals surface area contributed by atoms with Gasteiger partial charge in [0.1, 0.15) is 11.2 Å². The molecule has 1 heterocycles. The number of fused-ring (bicyclic) bond motifs is 6. The third-order valence-corrected chi connectivity index (χ3v) is 12.6. The molecule has 0 saturated heterocycles. The molecular weight excluding hydrogens is 583 g/mol. The number of hydrogen-bond acceptors (Lipinski definition) is 2. The Balaban J connectivity index is 1.17.